The van der Waals surface area contributed by atoms with Gasteiger partial charge in [0.05, 0.1) is 13.7 Å². The quantitative estimate of drug-likeness (QED) is 0.454. The molecule has 32 heavy (non-hydrogen) atoms. The number of rotatable bonds is 10. The summed E-state index contributed by atoms with van der Waals surface area (Å²) in [5.41, 5.74) is -1.52. The molecule has 3 rings (SSSR count). The van der Waals surface area contributed by atoms with Crippen LogP contribution in [0.2, 0.25) is 0 Å². The number of hydrogen-bond donors (Lipinski definition) is 2. The van der Waals surface area contributed by atoms with Crippen molar-refractivity contribution in [1.82, 2.24) is 24.4 Å². The highest BCUT2D eigenvalue weighted by molar-refractivity contribution is 5.80. The summed E-state index contributed by atoms with van der Waals surface area (Å²) in [5, 5.41) is 3.15. The number of H-pyrrole nitrogens is 1. The van der Waals surface area contributed by atoms with Crippen LogP contribution in [-0.4, -0.2) is 44.3 Å². The third kappa shape index (κ3) is 4.75. The van der Waals surface area contributed by atoms with Gasteiger partial charge < -0.3 is 14.0 Å². The van der Waals surface area contributed by atoms with Gasteiger partial charge in [-0.3, -0.25) is 19.7 Å². The van der Waals surface area contributed by atoms with Crippen LogP contribution in [0.3, 0.4) is 0 Å². The predicted octanol–water partition coefficient (Wildman–Crippen LogP) is 1.32. The molecule has 2 aromatic heterocycles. The lowest BCUT2D eigenvalue weighted by Gasteiger charge is -2.27. The molecule has 0 fully saturated rings. The molecule has 0 aliphatic rings. The summed E-state index contributed by atoms with van der Waals surface area (Å²) in [7, 11) is 3.01. The number of methoxy groups -OCH3 is 1. The van der Waals surface area contributed by atoms with Crippen molar-refractivity contribution in [2.24, 2.45) is 7.05 Å². The Morgan fingerprint density at radius 3 is 2.62 bits per heavy atom. The van der Waals surface area contributed by atoms with Crippen molar-refractivity contribution in [2.45, 2.75) is 45.3 Å². The molecule has 0 spiro atoms. The molecule has 0 radical (unpaired) electrons. The number of fused-ring (bicyclic) bond motifs is 1. The maximum Gasteiger partial charge on any atom is 0.330 e. The first-order valence-corrected chi connectivity index (χ1v) is 10.5. The van der Waals surface area contributed by atoms with Gasteiger partial charge in [0.15, 0.2) is 11.2 Å². The van der Waals surface area contributed by atoms with Crippen molar-refractivity contribution in [2.75, 3.05) is 13.7 Å². The van der Waals surface area contributed by atoms with Gasteiger partial charge in [0.2, 0.25) is 0 Å². The number of ether oxygens (including phenoxy) is 2. The minimum Gasteiger partial charge on any atom is -0.491 e. The fraction of sp³-hybridized carbons (Fsp3) is 0.455. The van der Waals surface area contributed by atoms with Gasteiger partial charge in [-0.15, -0.1) is 0 Å². The zero-order chi connectivity index (χ0) is 23.3. The third-order valence-electron chi connectivity index (χ3n) is 5.38. The highest BCUT2D eigenvalue weighted by Gasteiger charge is 2.35. The van der Waals surface area contributed by atoms with Crippen LogP contribution in [0.1, 0.15) is 32.5 Å². The molecule has 0 aliphatic heterocycles. The van der Waals surface area contributed by atoms with E-state index in [0.717, 1.165) is 12.8 Å². The number of aryl methyl sites for hydroxylation is 2. The van der Waals surface area contributed by atoms with Crippen LogP contribution < -0.4 is 21.3 Å². The largest absolute Gasteiger partial charge is 0.491 e. The third-order valence-corrected chi connectivity index (χ3v) is 5.38. The first kappa shape index (κ1) is 23.3. The SMILES string of the molecule is CCCCn1c(=O)[nH]c(=O)c2c1nc(CNC(C)(COc1ccccc1)C(=O)OC)n2C. The summed E-state index contributed by atoms with van der Waals surface area (Å²) >= 11 is 0. The van der Waals surface area contributed by atoms with Crippen LogP contribution >= 0.6 is 0 Å². The van der Waals surface area contributed by atoms with Crippen LogP contribution in [0.4, 0.5) is 0 Å². The number of esters is 1. The van der Waals surface area contributed by atoms with E-state index in [1.807, 2.05) is 25.1 Å². The summed E-state index contributed by atoms with van der Waals surface area (Å²) in [6.07, 6.45) is 1.68. The fourth-order valence-electron chi connectivity index (χ4n) is 3.40. The van der Waals surface area contributed by atoms with Crippen LogP contribution in [-0.2, 0) is 29.7 Å². The summed E-state index contributed by atoms with van der Waals surface area (Å²) < 4.78 is 13.8. The summed E-state index contributed by atoms with van der Waals surface area (Å²) in [6.45, 7) is 4.32. The minimum atomic E-state index is -1.17. The lowest BCUT2D eigenvalue weighted by atomic mass is 10.0. The lowest BCUT2D eigenvalue weighted by molar-refractivity contribution is -0.149. The molecule has 1 atom stereocenters. The van der Waals surface area contributed by atoms with Gasteiger partial charge in [-0.25, -0.2) is 14.6 Å². The number of unbranched alkanes of at least 4 members (excludes halogenated alkanes) is 1. The van der Waals surface area contributed by atoms with Crippen molar-refractivity contribution in [3.05, 3.63) is 57.0 Å². The van der Waals surface area contributed by atoms with E-state index in [2.05, 4.69) is 15.3 Å². The van der Waals surface area contributed by atoms with Crippen molar-refractivity contribution >= 4 is 17.1 Å². The second kappa shape index (κ2) is 9.82. The topological polar surface area (TPSA) is 120 Å². The maximum atomic E-state index is 12.5. The molecular weight excluding hydrogens is 414 g/mol. The predicted molar refractivity (Wildman–Crippen MR) is 120 cm³/mol. The Morgan fingerprint density at radius 1 is 1.25 bits per heavy atom. The molecule has 1 unspecified atom stereocenters. The van der Waals surface area contributed by atoms with Crippen molar-refractivity contribution in [1.29, 1.82) is 0 Å². The number of hydrogen-bond acceptors (Lipinski definition) is 7. The normalized spacial score (nSPS) is 13.1. The van der Waals surface area contributed by atoms with Crippen LogP contribution in [0.15, 0.2) is 39.9 Å². The Morgan fingerprint density at radius 2 is 1.97 bits per heavy atom. The number of carbonyl (C=O) groups is 1. The van der Waals surface area contributed by atoms with Crippen molar-refractivity contribution in [3.63, 3.8) is 0 Å². The highest BCUT2D eigenvalue weighted by Crippen LogP contribution is 2.16. The van der Waals surface area contributed by atoms with E-state index in [4.69, 9.17) is 9.47 Å². The number of carbonyl (C=O) groups excluding carboxylic acids is 1. The number of benzene rings is 1. The molecule has 0 amide bonds. The smallest absolute Gasteiger partial charge is 0.330 e. The van der Waals surface area contributed by atoms with Crippen LogP contribution in [0.25, 0.3) is 11.2 Å². The highest BCUT2D eigenvalue weighted by atomic mass is 16.5. The summed E-state index contributed by atoms with van der Waals surface area (Å²) in [4.78, 5) is 44.2. The van der Waals surface area contributed by atoms with E-state index in [-0.39, 0.29) is 13.2 Å². The number of nitrogens with zero attached hydrogens (tertiary/aromatic N) is 3. The minimum absolute atomic E-state index is 0.0232. The molecule has 1 aromatic carbocycles. The Kier molecular flexibility index (Phi) is 7.14. The zero-order valence-electron chi connectivity index (χ0n) is 18.8. The van der Waals surface area contributed by atoms with Gasteiger partial charge >= 0.3 is 11.7 Å². The summed E-state index contributed by atoms with van der Waals surface area (Å²) in [6, 6.07) is 9.15. The van der Waals surface area contributed by atoms with Crippen LogP contribution in [0.5, 0.6) is 5.75 Å². The average molecular weight is 444 g/mol. The van der Waals surface area contributed by atoms with E-state index in [0.29, 0.717) is 29.3 Å². The first-order valence-electron chi connectivity index (χ1n) is 10.5. The first-order chi connectivity index (χ1) is 15.3. The molecule has 2 heterocycles. The molecule has 3 aromatic rings. The van der Waals surface area contributed by atoms with Gasteiger partial charge in [-0.05, 0) is 25.5 Å². The Labute approximate surface area is 185 Å². The Balaban J connectivity index is 1.88. The molecular formula is C22H29N5O5. The van der Waals surface area contributed by atoms with E-state index < -0.39 is 22.8 Å². The summed E-state index contributed by atoms with van der Waals surface area (Å²) in [5.74, 6) is 0.625. The number of aromatic nitrogens is 4. The van der Waals surface area contributed by atoms with Gasteiger partial charge in [0.1, 0.15) is 23.7 Å². The number of para-hydroxylation sites is 1. The van der Waals surface area contributed by atoms with Gasteiger partial charge in [-0.1, -0.05) is 31.5 Å². The van der Waals surface area contributed by atoms with Gasteiger partial charge in [-0.2, -0.15) is 0 Å². The van der Waals surface area contributed by atoms with E-state index >= 15 is 0 Å². The van der Waals surface area contributed by atoms with Crippen molar-refractivity contribution in [3.8, 4) is 5.75 Å². The van der Waals surface area contributed by atoms with Crippen LogP contribution in [0, 0.1) is 0 Å². The Hall–Kier alpha value is -3.40. The Bertz CT molecular complexity index is 1200. The molecule has 172 valence electrons. The second-order valence-corrected chi connectivity index (χ2v) is 7.80. The van der Waals surface area contributed by atoms with E-state index in [9.17, 15) is 14.4 Å². The molecule has 2 N–H and O–H groups in total. The molecule has 10 heteroatoms. The molecule has 0 saturated heterocycles. The van der Waals surface area contributed by atoms with Gasteiger partial charge in [0.25, 0.3) is 5.56 Å². The fourth-order valence-corrected chi connectivity index (χ4v) is 3.40. The molecule has 0 aliphatic carbocycles. The average Bonchev–Trinajstić information content (AvgIpc) is 3.12. The van der Waals surface area contributed by atoms with E-state index in [1.165, 1.54) is 11.7 Å². The lowest BCUT2D eigenvalue weighted by Crippen LogP contribution is -2.54. The molecule has 10 nitrogen and oxygen atoms in total. The van der Waals surface area contributed by atoms with E-state index in [1.54, 1.807) is 30.7 Å². The van der Waals surface area contributed by atoms with Crippen molar-refractivity contribution < 1.29 is 14.3 Å². The zero-order valence-corrected chi connectivity index (χ0v) is 18.8. The number of aromatic amines is 1. The van der Waals surface area contributed by atoms with Gasteiger partial charge in [0, 0.05) is 13.6 Å². The number of nitrogens with one attached hydrogen (secondary N) is 2. The number of imidazole rings is 1. The molecule has 0 bridgehead atoms. The standard InChI is InChI=1S/C22H29N5O5/c1-5-6-12-27-18-17(19(28)25-21(27)30)26(3)16(24-18)13-23-22(2,20(29)31-4)14-32-15-10-8-7-9-11-15/h7-11,23H,5-6,12-14H2,1-4H3,(H,25,28,30). The maximum absolute atomic E-state index is 12.5. The second-order valence-electron chi connectivity index (χ2n) is 7.80. The monoisotopic (exact) mass is 443 g/mol. The molecule has 0 saturated carbocycles.